The quantitative estimate of drug-likeness (QED) is 0.662. The smallest absolute Gasteiger partial charge is 0.169 e. The molecule has 1 spiro atoms. The molecule has 0 N–H and O–H groups in total. The van der Waals surface area contributed by atoms with E-state index in [1.54, 1.807) is 0 Å². The van der Waals surface area contributed by atoms with Crippen molar-refractivity contribution >= 4 is 0 Å². The van der Waals surface area contributed by atoms with Gasteiger partial charge in [0.2, 0.25) is 0 Å². The van der Waals surface area contributed by atoms with Gasteiger partial charge in [0.05, 0.1) is 12.2 Å². The fourth-order valence-corrected chi connectivity index (χ4v) is 3.19. The van der Waals surface area contributed by atoms with E-state index in [-0.39, 0.29) is 5.79 Å². The minimum absolute atomic E-state index is 0.226. The average Bonchev–Trinajstić information content (AvgIpc) is 2.15. The lowest BCUT2D eigenvalue weighted by Crippen LogP contribution is -2.49. The largest absolute Gasteiger partial charge is 0.347 e. The fraction of sp³-hybridized carbons (Fsp3) is 1.00. The molecule has 2 fully saturated rings. The van der Waals surface area contributed by atoms with Crippen molar-refractivity contribution in [3.8, 4) is 0 Å². The predicted octanol–water partition coefficient (Wildman–Crippen LogP) is 3.50. The van der Waals surface area contributed by atoms with Crippen LogP contribution in [0.3, 0.4) is 0 Å². The summed E-state index contributed by atoms with van der Waals surface area (Å²) in [6.07, 6.45) is 7.85. The maximum Gasteiger partial charge on any atom is 0.169 e. The summed E-state index contributed by atoms with van der Waals surface area (Å²) in [5.41, 5.74) is 0. The van der Waals surface area contributed by atoms with Crippen molar-refractivity contribution in [1.82, 2.24) is 0 Å². The van der Waals surface area contributed by atoms with Crippen LogP contribution in [-0.2, 0) is 9.47 Å². The van der Waals surface area contributed by atoms with E-state index in [1.165, 1.54) is 19.3 Å². The summed E-state index contributed by atoms with van der Waals surface area (Å²) >= 11 is 0. The van der Waals surface area contributed by atoms with E-state index in [4.69, 9.17) is 9.47 Å². The van der Waals surface area contributed by atoms with E-state index in [0.717, 1.165) is 25.2 Å². The maximum atomic E-state index is 6.10. The molecule has 0 bridgehead atoms. The van der Waals surface area contributed by atoms with Crippen LogP contribution in [0.15, 0.2) is 0 Å². The molecule has 0 aromatic rings. The normalized spacial score (nSPS) is 47.0. The maximum absolute atomic E-state index is 6.10. The van der Waals surface area contributed by atoms with Gasteiger partial charge in [-0.15, -0.1) is 0 Å². The second-order valence-corrected chi connectivity index (χ2v) is 5.37. The van der Waals surface area contributed by atoms with Crippen LogP contribution in [-0.4, -0.2) is 18.0 Å². The molecular weight excluding hydrogens is 188 g/mol. The van der Waals surface area contributed by atoms with Gasteiger partial charge >= 0.3 is 0 Å². The Balaban J connectivity index is 2.04. The molecule has 2 rings (SSSR count). The molecule has 0 unspecified atom stereocenters. The van der Waals surface area contributed by atoms with E-state index < -0.39 is 0 Å². The first-order chi connectivity index (χ1) is 7.13. The Morgan fingerprint density at radius 1 is 1.20 bits per heavy atom. The van der Waals surface area contributed by atoms with Crippen molar-refractivity contribution in [3.05, 3.63) is 0 Å². The van der Waals surface area contributed by atoms with Crippen LogP contribution < -0.4 is 0 Å². The van der Waals surface area contributed by atoms with Gasteiger partial charge in [0.1, 0.15) is 0 Å². The molecule has 0 amide bonds. The van der Waals surface area contributed by atoms with Crippen LogP contribution in [0, 0.1) is 5.92 Å². The van der Waals surface area contributed by atoms with Crippen LogP contribution in [0.4, 0.5) is 0 Å². The molecule has 1 aliphatic carbocycles. The Morgan fingerprint density at radius 3 is 2.47 bits per heavy atom. The molecular formula is C13H24O2. The highest BCUT2D eigenvalue weighted by Gasteiger charge is 2.43. The van der Waals surface area contributed by atoms with Gasteiger partial charge in [0.15, 0.2) is 5.79 Å². The lowest BCUT2D eigenvalue weighted by molar-refractivity contribution is -0.327. The molecule has 1 saturated heterocycles. The number of hydrogen-bond acceptors (Lipinski definition) is 2. The van der Waals surface area contributed by atoms with Crippen molar-refractivity contribution in [2.45, 2.75) is 77.3 Å². The highest BCUT2D eigenvalue weighted by Crippen LogP contribution is 2.42. The van der Waals surface area contributed by atoms with Crippen molar-refractivity contribution in [2.75, 3.05) is 0 Å². The van der Waals surface area contributed by atoms with Gasteiger partial charge < -0.3 is 9.47 Å². The second-order valence-electron chi connectivity index (χ2n) is 5.37. The third-order valence-electron chi connectivity index (χ3n) is 3.84. The monoisotopic (exact) mass is 212 g/mol. The first-order valence-electron chi connectivity index (χ1n) is 6.49. The van der Waals surface area contributed by atoms with Crippen LogP contribution >= 0.6 is 0 Å². The van der Waals surface area contributed by atoms with E-state index in [9.17, 15) is 0 Å². The summed E-state index contributed by atoms with van der Waals surface area (Å²) in [6.45, 7) is 6.63. The fourth-order valence-electron chi connectivity index (χ4n) is 3.19. The van der Waals surface area contributed by atoms with Gasteiger partial charge in [0, 0.05) is 12.8 Å². The van der Waals surface area contributed by atoms with Crippen molar-refractivity contribution < 1.29 is 9.47 Å². The summed E-state index contributed by atoms with van der Waals surface area (Å²) < 4.78 is 12.2. The Kier molecular flexibility index (Phi) is 3.36. The third-order valence-corrected chi connectivity index (χ3v) is 3.84. The van der Waals surface area contributed by atoms with Gasteiger partial charge in [-0.2, -0.15) is 0 Å². The Labute approximate surface area is 93.3 Å². The molecule has 1 aliphatic heterocycles. The van der Waals surface area contributed by atoms with Gasteiger partial charge in [-0.3, -0.25) is 0 Å². The lowest BCUT2D eigenvalue weighted by Gasteiger charge is -2.47. The van der Waals surface area contributed by atoms with Crippen molar-refractivity contribution in [2.24, 2.45) is 5.92 Å². The minimum Gasteiger partial charge on any atom is -0.347 e. The number of ether oxygens (including phenoxy) is 2. The average molecular weight is 212 g/mol. The summed E-state index contributed by atoms with van der Waals surface area (Å²) in [7, 11) is 0. The zero-order valence-corrected chi connectivity index (χ0v) is 10.3. The Bertz CT molecular complexity index is 205. The van der Waals surface area contributed by atoms with Gasteiger partial charge in [-0.25, -0.2) is 0 Å². The zero-order chi connectivity index (χ0) is 10.9. The number of rotatable bonds is 1. The number of hydrogen-bond donors (Lipinski definition) is 0. The molecule has 2 nitrogen and oxygen atoms in total. The molecule has 0 radical (unpaired) electrons. The van der Waals surface area contributed by atoms with Gasteiger partial charge in [-0.05, 0) is 32.6 Å². The molecule has 2 heteroatoms. The lowest BCUT2D eigenvalue weighted by atomic mass is 9.82. The highest BCUT2D eigenvalue weighted by molar-refractivity contribution is 4.85. The first kappa shape index (κ1) is 11.4. The van der Waals surface area contributed by atoms with E-state index in [2.05, 4.69) is 20.8 Å². The van der Waals surface area contributed by atoms with Gasteiger partial charge in [-0.1, -0.05) is 19.8 Å². The Morgan fingerprint density at radius 2 is 1.87 bits per heavy atom. The van der Waals surface area contributed by atoms with Crippen molar-refractivity contribution in [3.63, 3.8) is 0 Å². The standard InChI is InChI=1S/C13H24O2/c1-4-12-6-5-7-13(9-12)14-10(2)8-11(3)15-13/h10-12H,4-9H2,1-3H3/t10-,11-,12-/m1/s1. The molecule has 0 aromatic carbocycles. The summed E-state index contributed by atoms with van der Waals surface area (Å²) in [5, 5.41) is 0. The first-order valence-corrected chi connectivity index (χ1v) is 6.49. The second kappa shape index (κ2) is 4.42. The summed E-state index contributed by atoms with van der Waals surface area (Å²) in [4.78, 5) is 0. The Hall–Kier alpha value is -0.0800. The van der Waals surface area contributed by atoms with E-state index in [0.29, 0.717) is 12.2 Å². The molecule has 15 heavy (non-hydrogen) atoms. The molecule has 0 aromatic heterocycles. The van der Waals surface area contributed by atoms with E-state index in [1.807, 2.05) is 0 Å². The van der Waals surface area contributed by atoms with Crippen LogP contribution in [0.2, 0.25) is 0 Å². The molecule has 88 valence electrons. The molecule has 3 atom stereocenters. The van der Waals surface area contributed by atoms with Gasteiger partial charge in [0.25, 0.3) is 0 Å². The minimum atomic E-state index is -0.226. The SMILES string of the molecule is CC[C@@H]1CCCC2(C1)O[C@H](C)C[C@@H](C)O2. The third kappa shape index (κ3) is 2.54. The van der Waals surface area contributed by atoms with Crippen molar-refractivity contribution in [1.29, 1.82) is 0 Å². The molecule has 2 aliphatic rings. The van der Waals surface area contributed by atoms with E-state index >= 15 is 0 Å². The van der Waals surface area contributed by atoms with Crippen LogP contribution in [0.1, 0.15) is 59.3 Å². The molecule has 1 heterocycles. The van der Waals surface area contributed by atoms with Crippen LogP contribution in [0.25, 0.3) is 0 Å². The topological polar surface area (TPSA) is 18.5 Å². The predicted molar refractivity (Wildman–Crippen MR) is 60.7 cm³/mol. The van der Waals surface area contributed by atoms with Crippen LogP contribution in [0.5, 0.6) is 0 Å². The highest BCUT2D eigenvalue weighted by atomic mass is 16.7. The summed E-state index contributed by atoms with van der Waals surface area (Å²) in [6, 6.07) is 0. The zero-order valence-electron chi connectivity index (χ0n) is 10.3. The molecule has 1 saturated carbocycles. The summed E-state index contributed by atoms with van der Waals surface area (Å²) in [5.74, 6) is 0.576.